The maximum atomic E-state index is 14.2. The second kappa shape index (κ2) is 9.51. The number of halogens is 1. The highest BCUT2D eigenvalue weighted by Gasteiger charge is 2.30. The third kappa shape index (κ3) is 5.77. The lowest BCUT2D eigenvalue weighted by molar-refractivity contribution is -0.139. The van der Waals surface area contributed by atoms with Gasteiger partial charge in [-0.2, -0.15) is 0 Å². The first-order valence-corrected chi connectivity index (χ1v) is 10.8. The van der Waals surface area contributed by atoms with E-state index in [1.165, 1.54) is 30.1 Å². The smallest absolute Gasteiger partial charge is 0.244 e. The molecule has 156 valence electrons. The van der Waals surface area contributed by atoms with Crippen LogP contribution in [0.4, 0.5) is 10.1 Å². The molecule has 0 spiro atoms. The van der Waals surface area contributed by atoms with Gasteiger partial charge in [-0.3, -0.25) is 13.9 Å². The predicted octanol–water partition coefficient (Wildman–Crippen LogP) is 1.75. The average molecular weight is 421 g/mol. The van der Waals surface area contributed by atoms with Gasteiger partial charge in [0.2, 0.25) is 21.8 Å². The Kier molecular flexibility index (Phi) is 7.33. The topological polar surface area (TPSA) is 86.8 Å². The molecule has 0 aromatic heterocycles. The quantitative estimate of drug-likeness (QED) is 0.704. The van der Waals surface area contributed by atoms with E-state index in [9.17, 15) is 22.4 Å². The maximum Gasteiger partial charge on any atom is 0.244 e. The third-order valence-electron chi connectivity index (χ3n) is 4.41. The molecule has 0 aliphatic rings. The predicted molar refractivity (Wildman–Crippen MR) is 109 cm³/mol. The van der Waals surface area contributed by atoms with E-state index < -0.39 is 40.2 Å². The van der Waals surface area contributed by atoms with Gasteiger partial charge in [-0.1, -0.05) is 42.5 Å². The number of nitrogens with one attached hydrogen (secondary N) is 1. The van der Waals surface area contributed by atoms with Gasteiger partial charge in [0.15, 0.2) is 0 Å². The number of benzene rings is 2. The second-order valence-corrected chi connectivity index (χ2v) is 8.43. The molecule has 0 aliphatic heterocycles. The molecule has 0 fully saturated rings. The van der Waals surface area contributed by atoms with Crippen molar-refractivity contribution in [1.29, 1.82) is 0 Å². The fourth-order valence-corrected chi connectivity index (χ4v) is 3.67. The number of likely N-dealkylation sites (N-methyl/N-ethyl adjacent to an activating group) is 1. The summed E-state index contributed by atoms with van der Waals surface area (Å²) < 4.78 is 39.5. The first kappa shape index (κ1) is 22.4. The minimum Gasteiger partial charge on any atom is -0.357 e. The standard InChI is InChI=1S/C20H24FN3O4S/c1-15(20(26)22-2)23(13-16-9-5-4-6-10-16)19(25)14-24(29(3,27)28)18-12-8-7-11-17(18)21/h4-12,15H,13-14H2,1-3H3,(H,22,26)/t15-/m0/s1. The Bertz CT molecular complexity index is 967. The van der Waals surface area contributed by atoms with Crippen LogP contribution >= 0.6 is 0 Å². The van der Waals surface area contributed by atoms with Gasteiger partial charge < -0.3 is 10.2 Å². The van der Waals surface area contributed by atoms with Crippen molar-refractivity contribution in [2.24, 2.45) is 0 Å². The molecule has 29 heavy (non-hydrogen) atoms. The summed E-state index contributed by atoms with van der Waals surface area (Å²) in [6.45, 7) is 1.02. The lowest BCUT2D eigenvalue weighted by atomic mass is 10.1. The highest BCUT2D eigenvalue weighted by molar-refractivity contribution is 7.92. The molecule has 0 radical (unpaired) electrons. The SMILES string of the molecule is CNC(=O)[C@H](C)N(Cc1ccccc1)C(=O)CN(c1ccccc1F)S(C)(=O)=O. The molecule has 1 atom stereocenters. The van der Waals surface area contributed by atoms with Crippen LogP contribution in [0, 0.1) is 5.82 Å². The minimum absolute atomic E-state index is 0.100. The largest absolute Gasteiger partial charge is 0.357 e. The summed E-state index contributed by atoms with van der Waals surface area (Å²) in [7, 11) is -2.50. The number of sulfonamides is 1. The van der Waals surface area contributed by atoms with Crippen LogP contribution in [-0.4, -0.2) is 51.0 Å². The highest BCUT2D eigenvalue weighted by atomic mass is 32.2. The summed E-state index contributed by atoms with van der Waals surface area (Å²) in [5.41, 5.74) is 0.545. The number of hydrogen-bond donors (Lipinski definition) is 1. The first-order chi connectivity index (χ1) is 13.6. The zero-order valence-corrected chi connectivity index (χ0v) is 17.3. The van der Waals surface area contributed by atoms with Gasteiger partial charge in [0.05, 0.1) is 11.9 Å². The molecule has 7 nitrogen and oxygen atoms in total. The van der Waals surface area contributed by atoms with E-state index in [0.29, 0.717) is 4.31 Å². The van der Waals surface area contributed by atoms with E-state index in [1.807, 2.05) is 6.07 Å². The fraction of sp³-hybridized carbons (Fsp3) is 0.300. The van der Waals surface area contributed by atoms with Gasteiger partial charge in [0.1, 0.15) is 18.4 Å². The highest BCUT2D eigenvalue weighted by Crippen LogP contribution is 2.22. The second-order valence-electron chi connectivity index (χ2n) is 6.52. The van der Waals surface area contributed by atoms with Crippen molar-refractivity contribution in [1.82, 2.24) is 10.2 Å². The van der Waals surface area contributed by atoms with Crippen molar-refractivity contribution >= 4 is 27.5 Å². The van der Waals surface area contributed by atoms with Gasteiger partial charge in [-0.25, -0.2) is 12.8 Å². The summed E-state index contributed by atoms with van der Waals surface area (Å²) in [4.78, 5) is 26.5. The number of para-hydroxylation sites is 1. The number of nitrogens with zero attached hydrogens (tertiary/aromatic N) is 2. The molecule has 1 N–H and O–H groups in total. The summed E-state index contributed by atoms with van der Waals surface area (Å²) >= 11 is 0. The molecular formula is C20H24FN3O4S. The van der Waals surface area contributed by atoms with Crippen molar-refractivity contribution in [2.75, 3.05) is 24.2 Å². The third-order valence-corrected chi connectivity index (χ3v) is 5.54. The summed E-state index contributed by atoms with van der Waals surface area (Å²) in [6, 6.07) is 13.5. The number of carbonyl (C=O) groups is 2. The van der Waals surface area contributed by atoms with Gasteiger partial charge >= 0.3 is 0 Å². The van der Waals surface area contributed by atoms with Crippen molar-refractivity contribution in [3.05, 3.63) is 66.0 Å². The van der Waals surface area contributed by atoms with E-state index in [2.05, 4.69) is 5.32 Å². The molecule has 0 saturated heterocycles. The fourth-order valence-electron chi connectivity index (χ4n) is 2.82. The summed E-state index contributed by atoms with van der Waals surface area (Å²) in [5.74, 6) is -1.79. The average Bonchev–Trinajstić information content (AvgIpc) is 2.69. The Hall–Kier alpha value is -2.94. The number of carbonyl (C=O) groups excluding carboxylic acids is 2. The van der Waals surface area contributed by atoms with Gasteiger partial charge in [0, 0.05) is 13.6 Å². The molecule has 0 unspecified atom stereocenters. The Morgan fingerprint density at radius 2 is 1.66 bits per heavy atom. The zero-order chi connectivity index (χ0) is 21.6. The van der Waals surface area contributed by atoms with E-state index in [0.717, 1.165) is 17.9 Å². The van der Waals surface area contributed by atoms with Crippen LogP contribution < -0.4 is 9.62 Å². The lowest BCUT2D eigenvalue weighted by Gasteiger charge is -2.31. The summed E-state index contributed by atoms with van der Waals surface area (Å²) in [6.07, 6.45) is 0.899. The van der Waals surface area contributed by atoms with Crippen molar-refractivity contribution in [3.63, 3.8) is 0 Å². The van der Waals surface area contributed by atoms with E-state index >= 15 is 0 Å². The van der Waals surface area contributed by atoms with Crippen LogP contribution in [0.2, 0.25) is 0 Å². The van der Waals surface area contributed by atoms with Crippen LogP contribution in [0.25, 0.3) is 0 Å². The van der Waals surface area contributed by atoms with E-state index in [-0.39, 0.29) is 12.2 Å². The van der Waals surface area contributed by atoms with Crippen molar-refractivity contribution in [2.45, 2.75) is 19.5 Å². The molecule has 0 heterocycles. The number of anilines is 1. The van der Waals surface area contributed by atoms with Crippen LogP contribution in [0.3, 0.4) is 0 Å². The zero-order valence-electron chi connectivity index (χ0n) is 16.5. The first-order valence-electron chi connectivity index (χ1n) is 8.92. The minimum atomic E-state index is -3.95. The molecule has 2 rings (SSSR count). The molecule has 2 aromatic carbocycles. The lowest BCUT2D eigenvalue weighted by Crippen LogP contribution is -2.50. The Balaban J connectivity index is 2.37. The molecular weight excluding hydrogens is 397 g/mol. The van der Waals surface area contributed by atoms with E-state index in [4.69, 9.17) is 0 Å². The molecule has 9 heteroatoms. The van der Waals surface area contributed by atoms with Crippen molar-refractivity contribution < 1.29 is 22.4 Å². The molecule has 0 bridgehead atoms. The molecule has 0 saturated carbocycles. The van der Waals surface area contributed by atoms with Crippen LogP contribution in [0.5, 0.6) is 0 Å². The Morgan fingerprint density at radius 1 is 1.07 bits per heavy atom. The molecule has 0 aliphatic carbocycles. The van der Waals surface area contributed by atoms with Crippen LogP contribution in [0.15, 0.2) is 54.6 Å². The normalized spacial score (nSPS) is 12.1. The summed E-state index contributed by atoms with van der Waals surface area (Å²) in [5, 5.41) is 2.49. The monoisotopic (exact) mass is 421 g/mol. The van der Waals surface area contributed by atoms with Crippen LogP contribution in [0.1, 0.15) is 12.5 Å². The number of hydrogen-bond acceptors (Lipinski definition) is 4. The molecule has 2 amide bonds. The van der Waals surface area contributed by atoms with Gasteiger partial charge in [-0.05, 0) is 24.6 Å². The maximum absolute atomic E-state index is 14.2. The van der Waals surface area contributed by atoms with Gasteiger partial charge in [0.25, 0.3) is 0 Å². The molecule has 2 aromatic rings. The number of rotatable bonds is 8. The van der Waals surface area contributed by atoms with E-state index in [1.54, 1.807) is 31.2 Å². The Morgan fingerprint density at radius 3 is 2.21 bits per heavy atom. The number of amides is 2. The Labute approximate surface area is 170 Å². The van der Waals surface area contributed by atoms with Crippen molar-refractivity contribution in [3.8, 4) is 0 Å². The van der Waals surface area contributed by atoms with Gasteiger partial charge in [-0.15, -0.1) is 0 Å². The van der Waals surface area contributed by atoms with Crippen LogP contribution in [-0.2, 0) is 26.2 Å².